The number of aromatic nitrogens is 1. The lowest BCUT2D eigenvalue weighted by atomic mass is 10.0. The molecule has 2 heterocycles. The lowest BCUT2D eigenvalue weighted by molar-refractivity contribution is 0.102. The lowest BCUT2D eigenvalue weighted by Crippen LogP contribution is -2.42. The number of oxazole rings is 1. The quantitative estimate of drug-likeness (QED) is 0.324. The van der Waals surface area contributed by atoms with E-state index in [1.165, 1.54) is 0 Å². The smallest absolute Gasteiger partial charge is 0.256 e. The molecule has 4 aromatic carbocycles. The average Bonchev–Trinajstić information content (AvgIpc) is 3.34. The van der Waals surface area contributed by atoms with Crippen molar-refractivity contribution < 1.29 is 9.21 Å². The first kappa shape index (κ1) is 24.0. The summed E-state index contributed by atoms with van der Waals surface area (Å²) in [4.78, 5) is 20.5. The van der Waals surface area contributed by atoms with Crippen molar-refractivity contribution in [2.24, 2.45) is 0 Å². The SMILES string of the molecule is Cl.O=C(Nc1ccccc1-c1nc2cccc(CN3CCNCC3)c2o1)c1cccc2ccccc12. The fourth-order valence-electron chi connectivity index (χ4n) is 4.75. The number of fused-ring (bicyclic) bond motifs is 2. The van der Waals surface area contributed by atoms with E-state index in [0.29, 0.717) is 17.1 Å². The van der Waals surface area contributed by atoms with Crippen molar-refractivity contribution in [1.82, 2.24) is 15.2 Å². The highest BCUT2D eigenvalue weighted by molar-refractivity contribution is 6.13. The highest BCUT2D eigenvalue weighted by Gasteiger charge is 2.18. The van der Waals surface area contributed by atoms with Crippen LogP contribution in [0.2, 0.25) is 0 Å². The summed E-state index contributed by atoms with van der Waals surface area (Å²) < 4.78 is 6.32. The van der Waals surface area contributed by atoms with Crippen molar-refractivity contribution in [2.45, 2.75) is 6.54 Å². The number of rotatable bonds is 5. The molecule has 6 rings (SSSR count). The van der Waals surface area contributed by atoms with Crippen LogP contribution in [-0.2, 0) is 6.54 Å². The Morgan fingerprint density at radius 2 is 1.67 bits per heavy atom. The number of hydrogen-bond donors (Lipinski definition) is 2. The Hall–Kier alpha value is -3.71. The molecule has 7 heteroatoms. The molecule has 182 valence electrons. The predicted molar refractivity (Wildman–Crippen MR) is 147 cm³/mol. The van der Waals surface area contributed by atoms with Crippen molar-refractivity contribution in [1.29, 1.82) is 0 Å². The summed E-state index contributed by atoms with van der Waals surface area (Å²) >= 11 is 0. The fourth-order valence-corrected chi connectivity index (χ4v) is 4.75. The standard InChI is InChI=1S/C29H26N4O2.ClH/c34-28(23-12-5-8-20-7-1-2-10-22(20)23)31-25-13-4-3-11-24(25)29-32-26-14-6-9-21(27(26)35-29)19-33-17-15-30-16-18-33;/h1-14,30H,15-19H2,(H,31,34);1H. The van der Waals surface area contributed by atoms with Crippen LogP contribution in [0.1, 0.15) is 15.9 Å². The number of carbonyl (C=O) groups excluding carboxylic acids is 1. The van der Waals surface area contributed by atoms with Crippen molar-refractivity contribution in [3.63, 3.8) is 0 Å². The second-order valence-electron chi connectivity index (χ2n) is 8.84. The molecule has 1 amide bonds. The summed E-state index contributed by atoms with van der Waals surface area (Å²) in [5, 5.41) is 8.44. The van der Waals surface area contributed by atoms with Gasteiger partial charge in [0.1, 0.15) is 5.52 Å². The van der Waals surface area contributed by atoms with Gasteiger partial charge in [0.15, 0.2) is 5.58 Å². The number of carbonyl (C=O) groups is 1. The molecule has 0 unspecified atom stereocenters. The zero-order valence-electron chi connectivity index (χ0n) is 19.7. The van der Waals surface area contributed by atoms with Gasteiger partial charge in [-0.2, -0.15) is 0 Å². The Bertz CT molecular complexity index is 1520. The monoisotopic (exact) mass is 498 g/mol. The van der Waals surface area contributed by atoms with Crippen molar-refractivity contribution >= 4 is 45.9 Å². The molecule has 0 spiro atoms. The van der Waals surface area contributed by atoms with Crippen LogP contribution in [0.15, 0.2) is 89.3 Å². The third kappa shape index (κ3) is 4.71. The molecule has 0 aliphatic carbocycles. The first-order valence-electron chi connectivity index (χ1n) is 12.0. The van der Waals surface area contributed by atoms with Crippen LogP contribution in [0.3, 0.4) is 0 Å². The second kappa shape index (κ2) is 10.5. The van der Waals surface area contributed by atoms with Gasteiger partial charge in [-0.05, 0) is 35.0 Å². The molecular formula is C29H27ClN4O2. The van der Waals surface area contributed by atoms with Gasteiger partial charge in [0.05, 0.1) is 11.3 Å². The predicted octanol–water partition coefficient (Wildman–Crippen LogP) is 5.73. The van der Waals surface area contributed by atoms with E-state index in [1.807, 2.05) is 78.9 Å². The molecule has 0 bridgehead atoms. The minimum Gasteiger partial charge on any atom is -0.436 e. The molecule has 36 heavy (non-hydrogen) atoms. The van der Waals surface area contributed by atoms with Crippen molar-refractivity contribution in [3.8, 4) is 11.5 Å². The molecule has 0 saturated carbocycles. The summed E-state index contributed by atoms with van der Waals surface area (Å²) in [6.07, 6.45) is 0. The van der Waals surface area contributed by atoms with Crippen LogP contribution in [0.25, 0.3) is 33.3 Å². The summed E-state index contributed by atoms with van der Waals surface area (Å²) in [6.45, 7) is 4.86. The third-order valence-corrected chi connectivity index (χ3v) is 6.54. The van der Waals surface area contributed by atoms with E-state index in [9.17, 15) is 4.79 Å². The largest absolute Gasteiger partial charge is 0.436 e. The van der Waals surface area contributed by atoms with Gasteiger partial charge >= 0.3 is 0 Å². The van der Waals surface area contributed by atoms with E-state index < -0.39 is 0 Å². The van der Waals surface area contributed by atoms with Crippen LogP contribution in [0.5, 0.6) is 0 Å². The number of hydrogen-bond acceptors (Lipinski definition) is 5. The first-order valence-corrected chi connectivity index (χ1v) is 12.0. The summed E-state index contributed by atoms with van der Waals surface area (Å²) in [7, 11) is 0. The van der Waals surface area contributed by atoms with E-state index in [2.05, 4.69) is 21.6 Å². The number of para-hydroxylation sites is 2. The Morgan fingerprint density at radius 3 is 2.56 bits per heavy atom. The van der Waals surface area contributed by atoms with E-state index >= 15 is 0 Å². The number of halogens is 1. The topological polar surface area (TPSA) is 70.4 Å². The molecule has 1 aliphatic rings. The third-order valence-electron chi connectivity index (χ3n) is 6.54. The molecule has 1 saturated heterocycles. The number of amides is 1. The summed E-state index contributed by atoms with van der Waals surface area (Å²) in [5.74, 6) is 0.339. The maximum absolute atomic E-state index is 13.3. The van der Waals surface area contributed by atoms with Crippen molar-refractivity contribution in [2.75, 3.05) is 31.5 Å². The van der Waals surface area contributed by atoms with Gasteiger partial charge in [0.25, 0.3) is 5.91 Å². The molecule has 1 fully saturated rings. The summed E-state index contributed by atoms with van der Waals surface area (Å²) in [5.41, 5.74) is 4.80. The molecule has 1 aromatic heterocycles. The van der Waals surface area contributed by atoms with Crippen LogP contribution >= 0.6 is 12.4 Å². The molecule has 2 N–H and O–H groups in total. The minimum atomic E-state index is -0.162. The number of benzene rings is 4. The molecule has 6 nitrogen and oxygen atoms in total. The van der Waals surface area contributed by atoms with Crippen LogP contribution in [-0.4, -0.2) is 42.0 Å². The van der Waals surface area contributed by atoms with E-state index in [0.717, 1.165) is 65.7 Å². The molecule has 0 atom stereocenters. The Kier molecular flexibility index (Phi) is 7.00. The molecule has 5 aromatic rings. The Labute approximate surface area is 215 Å². The van der Waals surface area contributed by atoms with Gasteiger partial charge in [-0.25, -0.2) is 4.98 Å². The number of anilines is 1. The normalized spacial score (nSPS) is 14.0. The molecule has 0 radical (unpaired) electrons. The van der Waals surface area contributed by atoms with Gasteiger partial charge in [-0.15, -0.1) is 12.4 Å². The van der Waals surface area contributed by atoms with Gasteiger partial charge in [0, 0.05) is 43.9 Å². The van der Waals surface area contributed by atoms with Gasteiger partial charge in [-0.1, -0.05) is 60.7 Å². The average molecular weight is 499 g/mol. The maximum atomic E-state index is 13.3. The van der Waals surface area contributed by atoms with Crippen molar-refractivity contribution in [3.05, 3.63) is 96.1 Å². The Balaban J connectivity index is 0.00000267. The minimum absolute atomic E-state index is 0. The maximum Gasteiger partial charge on any atom is 0.256 e. The Morgan fingerprint density at radius 1 is 0.917 bits per heavy atom. The van der Waals surface area contributed by atoms with E-state index in [4.69, 9.17) is 9.40 Å². The molecular weight excluding hydrogens is 472 g/mol. The van der Waals surface area contributed by atoms with E-state index in [1.54, 1.807) is 0 Å². The number of nitrogens with zero attached hydrogens (tertiary/aromatic N) is 2. The highest BCUT2D eigenvalue weighted by atomic mass is 35.5. The first-order chi connectivity index (χ1) is 17.3. The lowest BCUT2D eigenvalue weighted by Gasteiger charge is -2.27. The highest BCUT2D eigenvalue weighted by Crippen LogP contribution is 2.32. The van der Waals surface area contributed by atoms with Crippen LogP contribution < -0.4 is 10.6 Å². The second-order valence-corrected chi connectivity index (χ2v) is 8.84. The van der Waals surface area contributed by atoms with Gasteiger partial charge in [0.2, 0.25) is 5.89 Å². The van der Waals surface area contributed by atoms with Crippen LogP contribution in [0, 0.1) is 0 Å². The van der Waals surface area contributed by atoms with Gasteiger partial charge < -0.3 is 15.1 Å². The summed E-state index contributed by atoms with van der Waals surface area (Å²) in [6, 6.07) is 27.4. The van der Waals surface area contributed by atoms with Crippen LogP contribution in [0.4, 0.5) is 5.69 Å². The van der Waals surface area contributed by atoms with E-state index in [-0.39, 0.29) is 18.3 Å². The van der Waals surface area contributed by atoms with Gasteiger partial charge in [-0.3, -0.25) is 9.69 Å². The molecule has 1 aliphatic heterocycles. The number of piperazine rings is 1. The number of nitrogens with one attached hydrogen (secondary N) is 2. The zero-order chi connectivity index (χ0) is 23.6. The fraction of sp³-hybridized carbons (Fsp3) is 0.172. The zero-order valence-corrected chi connectivity index (χ0v) is 20.6.